The summed E-state index contributed by atoms with van der Waals surface area (Å²) < 4.78 is 42.7. The summed E-state index contributed by atoms with van der Waals surface area (Å²) in [5.41, 5.74) is 8.40. The van der Waals surface area contributed by atoms with Crippen molar-refractivity contribution in [2.24, 2.45) is 11.7 Å². The van der Waals surface area contributed by atoms with Gasteiger partial charge in [-0.05, 0) is 67.4 Å². The summed E-state index contributed by atoms with van der Waals surface area (Å²) in [6.45, 7) is 6.51. The molecule has 0 unspecified atom stereocenters. The lowest BCUT2D eigenvalue weighted by atomic mass is 9.87. The number of ether oxygens (including phenoxy) is 2. The number of hydrogen-bond acceptors (Lipinski definition) is 8. The molecular weight excluding hydrogens is 604 g/mol. The molecular formula is C32H38ClF2N7O3. The highest BCUT2D eigenvalue weighted by molar-refractivity contribution is 5.93. The van der Waals surface area contributed by atoms with Crippen LogP contribution in [0.2, 0.25) is 0 Å². The molecule has 1 amide bonds. The van der Waals surface area contributed by atoms with Crippen LogP contribution in [0.15, 0.2) is 73.3 Å². The van der Waals surface area contributed by atoms with Gasteiger partial charge in [-0.25, -0.2) is 18.4 Å². The lowest BCUT2D eigenvalue weighted by Gasteiger charge is -2.37. The van der Waals surface area contributed by atoms with Crippen molar-refractivity contribution in [2.45, 2.75) is 25.5 Å². The third-order valence-corrected chi connectivity index (χ3v) is 8.31. The van der Waals surface area contributed by atoms with E-state index >= 15 is 0 Å². The van der Waals surface area contributed by atoms with Crippen molar-refractivity contribution in [1.82, 2.24) is 20.9 Å². The molecule has 45 heavy (non-hydrogen) atoms. The van der Waals surface area contributed by atoms with Crippen molar-refractivity contribution in [3.05, 3.63) is 102 Å². The first-order valence-electron chi connectivity index (χ1n) is 14.3. The summed E-state index contributed by atoms with van der Waals surface area (Å²) in [5, 5.41) is 4.18. The molecule has 0 saturated carbocycles. The van der Waals surface area contributed by atoms with Gasteiger partial charge < -0.3 is 31.2 Å². The van der Waals surface area contributed by atoms with E-state index in [4.69, 9.17) is 15.2 Å². The maximum absolute atomic E-state index is 14.9. The van der Waals surface area contributed by atoms with Gasteiger partial charge in [0.15, 0.2) is 0 Å². The molecule has 2 aliphatic rings. The Morgan fingerprint density at radius 3 is 2.33 bits per heavy atom. The van der Waals surface area contributed by atoms with Crippen LogP contribution >= 0.6 is 12.4 Å². The van der Waals surface area contributed by atoms with Crippen LogP contribution in [0.4, 0.5) is 20.2 Å². The molecule has 3 aromatic carbocycles. The number of amides is 1. The standard InChI is InChI=1S/C32H34F2N6O3.ClH.H3N/c1-22-14-27(39-12-10-38(11-13-39)26-5-2-24(3-6-26)31(35)41)7-9-30(22)42-17-23-16-32(43-18-23,19-40-21-36-20-37-40)28-8-4-25(33)15-29(28)34;;/h2-9,14-15,20-21,23H,10-13,16-19H2,1H3,(H2,35,41);1H;1H3/t23-,32+;;/m1../s1. The van der Waals surface area contributed by atoms with E-state index in [1.807, 2.05) is 25.1 Å². The zero-order chi connectivity index (χ0) is 30.0. The Morgan fingerprint density at radius 1 is 1.02 bits per heavy atom. The first-order valence-corrected chi connectivity index (χ1v) is 14.3. The van der Waals surface area contributed by atoms with Crippen molar-refractivity contribution in [2.75, 3.05) is 49.2 Å². The van der Waals surface area contributed by atoms with Crippen LogP contribution in [-0.4, -0.2) is 60.1 Å². The molecule has 0 aliphatic carbocycles. The minimum atomic E-state index is -1.01. The molecule has 4 aromatic rings. The number of aromatic nitrogens is 3. The monoisotopic (exact) mass is 641 g/mol. The van der Waals surface area contributed by atoms with Crippen molar-refractivity contribution in [1.29, 1.82) is 0 Å². The van der Waals surface area contributed by atoms with Crippen LogP contribution in [0.25, 0.3) is 0 Å². The molecule has 10 nitrogen and oxygen atoms in total. The second-order valence-corrected chi connectivity index (χ2v) is 11.2. The SMILES string of the molecule is Cc1cc(N2CCN(c3ccc(C(N)=O)cc3)CC2)ccc1OC[C@@H]1CO[C@@](Cn2cncn2)(c2ccc(F)cc2F)C1.Cl.N. The topological polar surface area (TPSA) is 134 Å². The van der Waals surface area contributed by atoms with Gasteiger partial charge in [0.1, 0.15) is 35.6 Å². The molecule has 3 heterocycles. The summed E-state index contributed by atoms with van der Waals surface area (Å²) in [6, 6.07) is 17.2. The molecule has 2 atom stereocenters. The highest BCUT2D eigenvalue weighted by atomic mass is 35.5. The zero-order valence-corrected chi connectivity index (χ0v) is 25.9. The summed E-state index contributed by atoms with van der Waals surface area (Å²) >= 11 is 0. The number of primary amides is 1. The third-order valence-electron chi connectivity index (χ3n) is 8.31. The molecule has 240 valence electrons. The van der Waals surface area contributed by atoms with E-state index in [0.717, 1.165) is 54.9 Å². The van der Waals surface area contributed by atoms with Gasteiger partial charge in [-0.2, -0.15) is 5.10 Å². The Kier molecular flexibility index (Phi) is 10.6. The lowest BCUT2D eigenvalue weighted by Crippen LogP contribution is -2.46. The average molecular weight is 642 g/mol. The van der Waals surface area contributed by atoms with Gasteiger partial charge in [0.25, 0.3) is 0 Å². The summed E-state index contributed by atoms with van der Waals surface area (Å²) in [4.78, 5) is 20.0. The van der Waals surface area contributed by atoms with E-state index in [1.54, 1.807) is 23.1 Å². The Morgan fingerprint density at radius 2 is 1.71 bits per heavy atom. The molecule has 2 aliphatic heterocycles. The number of aryl methyl sites for hydroxylation is 1. The van der Waals surface area contributed by atoms with Gasteiger partial charge in [-0.15, -0.1) is 12.4 Å². The molecule has 5 N–H and O–H groups in total. The normalized spacial score (nSPS) is 19.5. The summed E-state index contributed by atoms with van der Waals surface area (Å²) in [5.74, 6) is -0.912. The van der Waals surface area contributed by atoms with Gasteiger partial charge >= 0.3 is 0 Å². The molecule has 13 heteroatoms. The first kappa shape index (κ1) is 33.6. The Bertz CT molecular complexity index is 1580. The number of piperazine rings is 1. The van der Waals surface area contributed by atoms with E-state index < -0.39 is 23.1 Å². The van der Waals surface area contributed by atoms with E-state index in [2.05, 4.69) is 32.0 Å². The Labute approximate surface area is 267 Å². The predicted octanol–water partition coefficient (Wildman–Crippen LogP) is 4.89. The predicted molar refractivity (Wildman–Crippen MR) is 170 cm³/mol. The number of anilines is 2. The van der Waals surface area contributed by atoms with Gasteiger partial charge in [-0.1, -0.05) is 6.07 Å². The third kappa shape index (κ3) is 7.35. The fourth-order valence-electron chi connectivity index (χ4n) is 6.05. The maximum Gasteiger partial charge on any atom is 0.248 e. The first-order chi connectivity index (χ1) is 20.8. The van der Waals surface area contributed by atoms with E-state index in [-0.39, 0.29) is 31.0 Å². The van der Waals surface area contributed by atoms with Crippen LogP contribution < -0.4 is 26.4 Å². The molecule has 6 rings (SSSR count). The smallest absolute Gasteiger partial charge is 0.248 e. The Hall–Kier alpha value is -4.26. The number of nitrogens with zero attached hydrogens (tertiary/aromatic N) is 5. The van der Waals surface area contributed by atoms with Crippen LogP contribution in [0.5, 0.6) is 5.75 Å². The van der Waals surface area contributed by atoms with Crippen molar-refractivity contribution in [3.8, 4) is 5.75 Å². The molecule has 2 saturated heterocycles. The minimum Gasteiger partial charge on any atom is -0.493 e. The van der Waals surface area contributed by atoms with E-state index in [9.17, 15) is 13.6 Å². The van der Waals surface area contributed by atoms with Gasteiger partial charge in [-0.3, -0.25) is 4.79 Å². The molecule has 1 aromatic heterocycles. The zero-order valence-electron chi connectivity index (χ0n) is 25.1. The highest BCUT2D eigenvalue weighted by Gasteiger charge is 2.44. The van der Waals surface area contributed by atoms with Crippen molar-refractivity contribution >= 4 is 29.7 Å². The average Bonchev–Trinajstić information content (AvgIpc) is 3.67. The number of carbonyl (C=O) groups is 1. The second-order valence-electron chi connectivity index (χ2n) is 11.2. The molecule has 0 bridgehead atoms. The quantitative estimate of drug-likeness (QED) is 0.264. The second kappa shape index (κ2) is 14.2. The number of halogens is 3. The fourth-order valence-corrected chi connectivity index (χ4v) is 6.05. The lowest BCUT2D eigenvalue weighted by molar-refractivity contribution is -0.0206. The minimum absolute atomic E-state index is 0. The number of benzene rings is 3. The Balaban J connectivity index is 0.00000230. The number of hydrogen-bond donors (Lipinski definition) is 2. The van der Waals surface area contributed by atoms with Gasteiger partial charge in [0, 0.05) is 60.7 Å². The summed E-state index contributed by atoms with van der Waals surface area (Å²) in [7, 11) is 0. The van der Waals surface area contributed by atoms with Gasteiger partial charge in [0.05, 0.1) is 19.8 Å². The van der Waals surface area contributed by atoms with Crippen molar-refractivity contribution < 1.29 is 23.0 Å². The number of rotatable bonds is 9. The van der Waals surface area contributed by atoms with Crippen molar-refractivity contribution in [3.63, 3.8) is 0 Å². The van der Waals surface area contributed by atoms with Crippen LogP contribution in [0.1, 0.15) is 27.9 Å². The highest BCUT2D eigenvalue weighted by Crippen LogP contribution is 2.42. The van der Waals surface area contributed by atoms with E-state index in [1.165, 1.54) is 18.5 Å². The molecule has 2 fully saturated rings. The van der Waals surface area contributed by atoms with Crippen LogP contribution in [0.3, 0.4) is 0 Å². The van der Waals surface area contributed by atoms with E-state index in [0.29, 0.717) is 30.8 Å². The van der Waals surface area contributed by atoms with Gasteiger partial charge in [0.2, 0.25) is 5.91 Å². The van der Waals surface area contributed by atoms with Crippen LogP contribution in [0, 0.1) is 24.5 Å². The maximum atomic E-state index is 14.9. The summed E-state index contributed by atoms with van der Waals surface area (Å²) in [6.07, 6.45) is 3.47. The number of nitrogens with two attached hydrogens (primary N) is 1. The fraction of sp³-hybridized carbons (Fsp3) is 0.344. The number of carbonyl (C=O) groups excluding carboxylic acids is 1. The van der Waals surface area contributed by atoms with Crippen LogP contribution in [-0.2, 0) is 16.9 Å². The largest absolute Gasteiger partial charge is 0.493 e. The molecule has 0 radical (unpaired) electrons. The molecule has 0 spiro atoms.